The number of nitrogens with one attached hydrogen (secondary N) is 1. The molecule has 108 valence electrons. The summed E-state index contributed by atoms with van der Waals surface area (Å²) in [5.41, 5.74) is 2.05. The predicted molar refractivity (Wildman–Crippen MR) is 82.1 cm³/mol. The van der Waals surface area contributed by atoms with E-state index in [-0.39, 0.29) is 0 Å². The van der Waals surface area contributed by atoms with Crippen LogP contribution < -0.4 is 5.32 Å². The Morgan fingerprint density at radius 1 is 1.45 bits per heavy atom. The van der Waals surface area contributed by atoms with E-state index in [9.17, 15) is 0 Å². The van der Waals surface area contributed by atoms with E-state index in [1.807, 2.05) is 22.7 Å². The second-order valence-corrected chi connectivity index (χ2v) is 6.19. The van der Waals surface area contributed by atoms with Crippen LogP contribution in [0.25, 0.3) is 5.65 Å². The summed E-state index contributed by atoms with van der Waals surface area (Å²) in [7, 11) is 2.17. The molecular formula is C15H21ClN4. The average molecular weight is 293 g/mol. The van der Waals surface area contributed by atoms with Crippen LogP contribution in [0.5, 0.6) is 0 Å². The quantitative estimate of drug-likeness (QED) is 0.939. The number of rotatable bonds is 4. The fourth-order valence-electron chi connectivity index (χ4n) is 2.96. The molecule has 3 rings (SSSR count). The van der Waals surface area contributed by atoms with Crippen molar-refractivity contribution in [1.29, 1.82) is 0 Å². The molecule has 1 aliphatic rings. The summed E-state index contributed by atoms with van der Waals surface area (Å²) in [6, 6.07) is 3.84. The Labute approximate surface area is 124 Å². The Hall–Kier alpha value is -1.10. The SMILES string of the molecule is CN(Cc1cn2cc(Cl)ccc2n1)CC1CCCNC1. The van der Waals surface area contributed by atoms with Gasteiger partial charge < -0.3 is 14.6 Å². The molecule has 1 saturated heterocycles. The summed E-state index contributed by atoms with van der Waals surface area (Å²) in [4.78, 5) is 7.00. The van der Waals surface area contributed by atoms with Crippen LogP contribution in [-0.2, 0) is 6.54 Å². The molecule has 0 aliphatic carbocycles. The van der Waals surface area contributed by atoms with Crippen molar-refractivity contribution in [2.24, 2.45) is 5.92 Å². The van der Waals surface area contributed by atoms with Gasteiger partial charge in [-0.2, -0.15) is 0 Å². The molecule has 1 N–H and O–H groups in total. The number of hydrogen-bond donors (Lipinski definition) is 1. The van der Waals surface area contributed by atoms with E-state index in [0.29, 0.717) is 0 Å². The third-order valence-electron chi connectivity index (χ3n) is 3.87. The third kappa shape index (κ3) is 3.32. The van der Waals surface area contributed by atoms with E-state index in [2.05, 4.69) is 28.4 Å². The van der Waals surface area contributed by atoms with Crippen LogP contribution in [0, 0.1) is 5.92 Å². The molecule has 1 aliphatic heterocycles. The Morgan fingerprint density at radius 3 is 3.15 bits per heavy atom. The van der Waals surface area contributed by atoms with Crippen molar-refractivity contribution >= 4 is 17.2 Å². The minimum absolute atomic E-state index is 0.739. The standard InChI is InChI=1S/C15H21ClN4/c1-19(8-12-3-2-6-17-7-12)10-14-11-20-9-13(16)4-5-15(20)18-14/h4-5,9,11-12,17H,2-3,6-8,10H2,1H3. The maximum atomic E-state index is 6.00. The van der Waals surface area contributed by atoms with E-state index in [1.54, 1.807) is 0 Å². The van der Waals surface area contributed by atoms with Crippen molar-refractivity contribution in [2.75, 3.05) is 26.7 Å². The highest BCUT2D eigenvalue weighted by Crippen LogP contribution is 2.15. The highest BCUT2D eigenvalue weighted by Gasteiger charge is 2.15. The normalized spacial score (nSPS) is 19.9. The van der Waals surface area contributed by atoms with Crippen LogP contribution >= 0.6 is 11.6 Å². The number of aromatic nitrogens is 2. The lowest BCUT2D eigenvalue weighted by Gasteiger charge is -2.27. The molecule has 0 amide bonds. The first-order chi connectivity index (χ1) is 9.70. The number of nitrogens with zero attached hydrogens (tertiary/aromatic N) is 3. The molecule has 0 saturated carbocycles. The van der Waals surface area contributed by atoms with Crippen molar-refractivity contribution in [1.82, 2.24) is 19.6 Å². The van der Waals surface area contributed by atoms with Gasteiger partial charge in [0.2, 0.25) is 0 Å². The summed E-state index contributed by atoms with van der Waals surface area (Å²) in [6.07, 6.45) is 6.60. The summed E-state index contributed by atoms with van der Waals surface area (Å²) >= 11 is 6.00. The van der Waals surface area contributed by atoms with Crippen molar-refractivity contribution < 1.29 is 0 Å². The molecule has 4 nitrogen and oxygen atoms in total. The van der Waals surface area contributed by atoms with Crippen LogP contribution in [-0.4, -0.2) is 41.0 Å². The maximum absolute atomic E-state index is 6.00. The number of fused-ring (bicyclic) bond motifs is 1. The molecule has 3 heterocycles. The highest BCUT2D eigenvalue weighted by atomic mass is 35.5. The van der Waals surface area contributed by atoms with Gasteiger partial charge in [0.15, 0.2) is 0 Å². The molecule has 1 atom stereocenters. The summed E-state index contributed by atoms with van der Waals surface area (Å²) in [5.74, 6) is 0.764. The lowest BCUT2D eigenvalue weighted by atomic mass is 9.99. The van der Waals surface area contributed by atoms with E-state index in [0.717, 1.165) is 41.9 Å². The molecule has 5 heteroatoms. The van der Waals surface area contributed by atoms with Gasteiger partial charge in [0.1, 0.15) is 5.65 Å². The van der Waals surface area contributed by atoms with Gasteiger partial charge in [0, 0.05) is 25.5 Å². The largest absolute Gasteiger partial charge is 0.316 e. The molecule has 0 spiro atoms. The van der Waals surface area contributed by atoms with Crippen LogP contribution in [0.3, 0.4) is 0 Å². The van der Waals surface area contributed by atoms with Gasteiger partial charge in [0.05, 0.1) is 10.7 Å². The van der Waals surface area contributed by atoms with Gasteiger partial charge in [0.25, 0.3) is 0 Å². The van der Waals surface area contributed by atoms with Crippen LogP contribution in [0.2, 0.25) is 5.02 Å². The molecule has 0 aromatic carbocycles. The maximum Gasteiger partial charge on any atom is 0.137 e. The number of pyridine rings is 1. The van der Waals surface area contributed by atoms with Crippen molar-refractivity contribution in [3.05, 3.63) is 35.2 Å². The summed E-state index contributed by atoms with van der Waals surface area (Å²) in [5, 5.41) is 4.21. The first-order valence-corrected chi connectivity index (χ1v) is 7.61. The van der Waals surface area contributed by atoms with Gasteiger partial charge in [-0.05, 0) is 51.0 Å². The van der Waals surface area contributed by atoms with E-state index >= 15 is 0 Å². The third-order valence-corrected chi connectivity index (χ3v) is 4.09. The van der Waals surface area contributed by atoms with Crippen molar-refractivity contribution in [3.63, 3.8) is 0 Å². The molecule has 20 heavy (non-hydrogen) atoms. The Morgan fingerprint density at radius 2 is 2.35 bits per heavy atom. The van der Waals surface area contributed by atoms with Gasteiger partial charge in [-0.15, -0.1) is 0 Å². The summed E-state index contributed by atoms with van der Waals surface area (Å²) in [6.45, 7) is 4.33. The van der Waals surface area contributed by atoms with Crippen LogP contribution in [0.15, 0.2) is 24.5 Å². The summed E-state index contributed by atoms with van der Waals surface area (Å²) < 4.78 is 1.99. The number of halogens is 1. The predicted octanol–water partition coefficient (Wildman–Crippen LogP) is 2.42. The topological polar surface area (TPSA) is 32.6 Å². The first-order valence-electron chi connectivity index (χ1n) is 7.23. The van der Waals surface area contributed by atoms with Gasteiger partial charge >= 0.3 is 0 Å². The van der Waals surface area contributed by atoms with Crippen molar-refractivity contribution in [3.8, 4) is 0 Å². The first kappa shape index (κ1) is 13.9. The van der Waals surface area contributed by atoms with E-state index in [4.69, 9.17) is 11.6 Å². The fourth-order valence-corrected chi connectivity index (χ4v) is 3.12. The Kier molecular flexibility index (Phi) is 4.24. The highest BCUT2D eigenvalue weighted by molar-refractivity contribution is 6.30. The lowest BCUT2D eigenvalue weighted by Crippen LogP contribution is -2.36. The second kappa shape index (κ2) is 6.12. The van der Waals surface area contributed by atoms with Crippen LogP contribution in [0.1, 0.15) is 18.5 Å². The van der Waals surface area contributed by atoms with Gasteiger partial charge in [-0.25, -0.2) is 4.98 Å². The molecule has 2 aromatic heterocycles. The molecule has 0 bridgehead atoms. The smallest absolute Gasteiger partial charge is 0.137 e. The molecule has 2 aromatic rings. The van der Waals surface area contributed by atoms with E-state index in [1.165, 1.54) is 19.4 Å². The number of imidazole rings is 1. The van der Waals surface area contributed by atoms with Gasteiger partial charge in [-0.1, -0.05) is 11.6 Å². The minimum Gasteiger partial charge on any atom is -0.316 e. The number of piperidine rings is 1. The zero-order chi connectivity index (χ0) is 13.9. The second-order valence-electron chi connectivity index (χ2n) is 5.75. The number of hydrogen-bond acceptors (Lipinski definition) is 3. The molecule has 0 radical (unpaired) electrons. The Balaban J connectivity index is 1.63. The minimum atomic E-state index is 0.739. The van der Waals surface area contributed by atoms with Crippen molar-refractivity contribution in [2.45, 2.75) is 19.4 Å². The van der Waals surface area contributed by atoms with Crippen LogP contribution in [0.4, 0.5) is 0 Å². The zero-order valence-corrected chi connectivity index (χ0v) is 12.6. The fraction of sp³-hybridized carbons (Fsp3) is 0.533. The van der Waals surface area contributed by atoms with Gasteiger partial charge in [-0.3, -0.25) is 0 Å². The lowest BCUT2D eigenvalue weighted by molar-refractivity contribution is 0.236. The Bertz CT molecular complexity index is 574. The molecule has 1 fully saturated rings. The molecule has 1 unspecified atom stereocenters. The molecular weight excluding hydrogens is 272 g/mol. The monoisotopic (exact) mass is 292 g/mol. The zero-order valence-electron chi connectivity index (χ0n) is 11.8. The average Bonchev–Trinajstić information content (AvgIpc) is 2.80. The van der Waals surface area contributed by atoms with E-state index < -0.39 is 0 Å².